The van der Waals surface area contributed by atoms with Crippen LogP contribution in [0.25, 0.3) is 27.8 Å². The Hall–Kier alpha value is -2.60. The van der Waals surface area contributed by atoms with Crippen LogP contribution in [-0.2, 0) is 5.75 Å². The van der Waals surface area contributed by atoms with Crippen LogP contribution in [0.4, 0.5) is 0 Å². The summed E-state index contributed by atoms with van der Waals surface area (Å²) in [6.07, 6.45) is 3.79. The lowest BCUT2D eigenvalue weighted by atomic mass is 10.1. The Bertz CT molecular complexity index is 1350. The molecule has 0 aliphatic rings. The summed E-state index contributed by atoms with van der Waals surface area (Å²) in [4.78, 5) is 9.31. The third-order valence-electron chi connectivity index (χ3n) is 5.06. The smallest absolute Gasteiger partial charge is 0.149 e. The summed E-state index contributed by atoms with van der Waals surface area (Å²) >= 11 is 11.6. The number of nitrogens with zero attached hydrogens (tertiary/aromatic N) is 3. The molecule has 0 bridgehead atoms. The van der Waals surface area contributed by atoms with Gasteiger partial charge in [-0.15, -0.1) is 11.8 Å². The largest absolute Gasteiger partial charge is 0.301 e. The minimum atomic E-state index is 0.740. The van der Waals surface area contributed by atoms with Crippen molar-refractivity contribution in [1.82, 2.24) is 14.5 Å². The van der Waals surface area contributed by atoms with Crippen molar-refractivity contribution >= 4 is 50.3 Å². The van der Waals surface area contributed by atoms with Gasteiger partial charge >= 0.3 is 0 Å². The van der Waals surface area contributed by atoms with E-state index >= 15 is 0 Å². The second kappa shape index (κ2) is 8.87. The van der Waals surface area contributed by atoms with Crippen LogP contribution in [0.2, 0.25) is 5.02 Å². The third kappa shape index (κ3) is 4.13. The molecular formula is C25H17BrClN3S. The number of hydrogen-bond donors (Lipinski definition) is 0. The summed E-state index contributed by atoms with van der Waals surface area (Å²) in [5.41, 5.74) is 5.28. The minimum absolute atomic E-state index is 0.740. The van der Waals surface area contributed by atoms with Gasteiger partial charge in [0.15, 0.2) is 0 Å². The molecule has 31 heavy (non-hydrogen) atoms. The summed E-state index contributed by atoms with van der Waals surface area (Å²) in [5, 5.41) is 2.77. The zero-order valence-corrected chi connectivity index (χ0v) is 19.5. The number of halogens is 2. The van der Waals surface area contributed by atoms with Gasteiger partial charge in [-0.3, -0.25) is 0 Å². The van der Waals surface area contributed by atoms with E-state index in [1.165, 1.54) is 0 Å². The van der Waals surface area contributed by atoms with Crippen molar-refractivity contribution in [3.05, 3.63) is 106 Å². The summed E-state index contributed by atoms with van der Waals surface area (Å²) in [6, 6.07) is 26.6. The lowest BCUT2D eigenvalue weighted by Gasteiger charge is -2.07. The number of aromatic nitrogens is 3. The van der Waals surface area contributed by atoms with Crippen molar-refractivity contribution in [2.75, 3.05) is 0 Å². The average molecular weight is 507 g/mol. The molecule has 0 radical (unpaired) electrons. The van der Waals surface area contributed by atoms with E-state index in [0.29, 0.717) is 0 Å². The summed E-state index contributed by atoms with van der Waals surface area (Å²) < 4.78 is 3.17. The molecule has 0 aliphatic carbocycles. The normalized spacial score (nSPS) is 11.2. The summed E-state index contributed by atoms with van der Waals surface area (Å²) in [7, 11) is 0. The van der Waals surface area contributed by atoms with E-state index in [2.05, 4.69) is 79.1 Å². The van der Waals surface area contributed by atoms with E-state index in [4.69, 9.17) is 11.6 Å². The van der Waals surface area contributed by atoms with E-state index in [1.807, 2.05) is 36.4 Å². The first kappa shape index (κ1) is 20.3. The molecule has 0 N–H and O–H groups in total. The molecule has 6 heteroatoms. The van der Waals surface area contributed by atoms with Gasteiger partial charge in [-0.25, -0.2) is 9.97 Å². The highest BCUT2D eigenvalue weighted by Crippen LogP contribution is 2.38. The Balaban J connectivity index is 1.66. The van der Waals surface area contributed by atoms with E-state index in [-0.39, 0.29) is 0 Å². The Morgan fingerprint density at radius 3 is 2.39 bits per heavy atom. The van der Waals surface area contributed by atoms with Gasteiger partial charge in [-0.1, -0.05) is 76.1 Å². The number of rotatable bonds is 5. The summed E-state index contributed by atoms with van der Waals surface area (Å²) in [6.45, 7) is 0. The number of fused-ring (bicyclic) bond motifs is 1. The van der Waals surface area contributed by atoms with Gasteiger partial charge in [0, 0.05) is 32.7 Å². The Morgan fingerprint density at radius 1 is 0.871 bits per heavy atom. The van der Waals surface area contributed by atoms with Crippen LogP contribution in [-0.4, -0.2) is 14.5 Å². The van der Waals surface area contributed by atoms with Crippen LogP contribution in [0.5, 0.6) is 0 Å². The molecule has 0 saturated heterocycles. The fourth-order valence-corrected chi connectivity index (χ4v) is 5.10. The predicted octanol–water partition coefficient (Wildman–Crippen LogP) is 7.80. The van der Waals surface area contributed by atoms with Crippen LogP contribution in [0.15, 0.2) is 101 Å². The van der Waals surface area contributed by atoms with Crippen LogP contribution >= 0.6 is 39.3 Å². The van der Waals surface area contributed by atoms with Crippen molar-refractivity contribution in [1.29, 1.82) is 0 Å². The van der Waals surface area contributed by atoms with Crippen LogP contribution in [0.3, 0.4) is 0 Å². The van der Waals surface area contributed by atoms with Gasteiger partial charge in [0.2, 0.25) is 0 Å². The van der Waals surface area contributed by atoms with Gasteiger partial charge in [-0.05, 0) is 41.5 Å². The molecule has 0 atom stereocenters. The fourth-order valence-electron chi connectivity index (χ4n) is 3.54. The predicted molar refractivity (Wildman–Crippen MR) is 133 cm³/mol. The van der Waals surface area contributed by atoms with Gasteiger partial charge in [0.1, 0.15) is 17.0 Å². The molecule has 2 heterocycles. The quantitative estimate of drug-likeness (QED) is 0.180. The second-order valence-electron chi connectivity index (χ2n) is 7.01. The standard InChI is InChI=1S/C25H17BrClN3S/c26-19-10-12-20(13-11-19)30-14-21(17-6-2-1-3-7-17)23-24(30)28-16-29-25(23)31-15-18-8-4-5-9-22(18)27/h1-14,16H,15H2. The molecule has 0 spiro atoms. The highest BCUT2D eigenvalue weighted by atomic mass is 79.9. The van der Waals surface area contributed by atoms with Crippen LogP contribution < -0.4 is 0 Å². The lowest BCUT2D eigenvalue weighted by molar-refractivity contribution is 1.04. The topological polar surface area (TPSA) is 30.7 Å². The zero-order chi connectivity index (χ0) is 21.2. The Kier molecular flexibility index (Phi) is 5.81. The third-order valence-corrected chi connectivity index (χ3v) is 7.00. The second-order valence-corrected chi connectivity index (χ2v) is 9.30. The van der Waals surface area contributed by atoms with Crippen molar-refractivity contribution in [2.45, 2.75) is 10.8 Å². The summed E-state index contributed by atoms with van der Waals surface area (Å²) in [5.74, 6) is 0.740. The fraction of sp³-hybridized carbons (Fsp3) is 0.0400. The Labute approximate surface area is 198 Å². The van der Waals surface area contributed by atoms with Crippen molar-refractivity contribution in [3.8, 4) is 16.8 Å². The maximum Gasteiger partial charge on any atom is 0.149 e. The van der Waals surface area contributed by atoms with E-state index in [9.17, 15) is 0 Å². The number of hydrogen-bond acceptors (Lipinski definition) is 3. The van der Waals surface area contributed by atoms with Crippen LogP contribution in [0, 0.1) is 0 Å². The molecule has 3 aromatic carbocycles. The van der Waals surface area contributed by atoms with Crippen molar-refractivity contribution in [3.63, 3.8) is 0 Å². The molecule has 0 amide bonds. The molecule has 0 fully saturated rings. The molecule has 3 nitrogen and oxygen atoms in total. The van der Waals surface area contributed by atoms with Crippen molar-refractivity contribution < 1.29 is 0 Å². The molecule has 0 unspecified atom stereocenters. The van der Waals surface area contributed by atoms with E-state index in [1.54, 1.807) is 18.1 Å². The maximum atomic E-state index is 6.38. The van der Waals surface area contributed by atoms with Gasteiger partial charge < -0.3 is 4.57 Å². The molecule has 0 saturated carbocycles. The van der Waals surface area contributed by atoms with Gasteiger partial charge in [0.05, 0.1) is 5.39 Å². The molecule has 0 aliphatic heterocycles. The monoisotopic (exact) mass is 505 g/mol. The molecule has 5 aromatic rings. The first-order valence-electron chi connectivity index (χ1n) is 9.74. The number of thioether (sulfide) groups is 1. The SMILES string of the molecule is Clc1ccccc1CSc1ncnc2c1c(-c1ccccc1)cn2-c1ccc(Br)cc1. The van der Waals surface area contributed by atoms with Gasteiger partial charge in [0.25, 0.3) is 0 Å². The maximum absolute atomic E-state index is 6.38. The Morgan fingerprint density at radius 2 is 1.61 bits per heavy atom. The van der Waals surface area contributed by atoms with E-state index in [0.717, 1.165) is 53.7 Å². The highest BCUT2D eigenvalue weighted by molar-refractivity contribution is 9.10. The first-order valence-corrected chi connectivity index (χ1v) is 11.9. The zero-order valence-electron chi connectivity index (χ0n) is 16.4. The highest BCUT2D eigenvalue weighted by Gasteiger charge is 2.18. The molecule has 152 valence electrons. The minimum Gasteiger partial charge on any atom is -0.301 e. The molecule has 5 rings (SSSR count). The number of benzene rings is 3. The van der Waals surface area contributed by atoms with Crippen molar-refractivity contribution in [2.24, 2.45) is 0 Å². The van der Waals surface area contributed by atoms with Crippen LogP contribution in [0.1, 0.15) is 5.56 Å². The lowest BCUT2D eigenvalue weighted by Crippen LogP contribution is -1.95. The van der Waals surface area contributed by atoms with E-state index < -0.39 is 0 Å². The first-order chi connectivity index (χ1) is 15.2. The molecular weight excluding hydrogens is 490 g/mol. The molecule has 2 aromatic heterocycles. The average Bonchev–Trinajstić information content (AvgIpc) is 3.20. The van der Waals surface area contributed by atoms with Gasteiger partial charge in [-0.2, -0.15) is 0 Å².